The van der Waals surface area contributed by atoms with E-state index in [9.17, 15) is 14.4 Å². The molecule has 2 aliphatic heterocycles. The number of rotatable bonds is 7. The number of likely N-dealkylation sites (tertiary alicyclic amines) is 1. The summed E-state index contributed by atoms with van der Waals surface area (Å²) in [5.74, 6) is 1.36. The van der Waals surface area contributed by atoms with E-state index >= 15 is 0 Å². The second-order valence-electron chi connectivity index (χ2n) is 15.7. The maximum atomic E-state index is 14.2. The Bertz CT molecular complexity index is 1850. The summed E-state index contributed by atoms with van der Waals surface area (Å²) in [6.07, 6.45) is 19.5. The molecule has 1 spiro atoms. The molecule has 4 atom stereocenters. The number of allylic oxidation sites excluding steroid dienone is 9. The molecule has 8 rings (SSSR count). The minimum Gasteiger partial charge on any atom is -0.431 e. The average Bonchev–Trinajstić information content (AvgIpc) is 3.29. The standard InChI is InChI=1S/C45H51N3O4/c1-31(49)52-43-36(29-47-24-22-45(23-25-47)44(51)46-30-48(45)37-17-6-3-7-18-37)27-32(26-35-16-10-15-34-14-8-9-19-39(34)42(35)50)28-41-38(20-11-21-40(41)43)33-12-4-2-5-13-33/h2-9,11-14,17-18,20,32,35-36,39H,10,15-16,19,21-30H2,1H3,(H,46,51). The van der Waals surface area contributed by atoms with Crippen molar-refractivity contribution in [3.05, 3.63) is 119 Å². The number of nitrogens with zero attached hydrogens (tertiary/aromatic N) is 2. The van der Waals surface area contributed by atoms with Crippen LogP contribution in [0.15, 0.2) is 114 Å². The highest BCUT2D eigenvalue weighted by atomic mass is 16.5. The molecule has 270 valence electrons. The lowest BCUT2D eigenvalue weighted by molar-refractivity contribution is -0.138. The number of benzene rings is 2. The fourth-order valence-electron chi connectivity index (χ4n) is 10.1. The van der Waals surface area contributed by atoms with Gasteiger partial charge in [-0.2, -0.15) is 0 Å². The number of hydrogen-bond acceptors (Lipinski definition) is 6. The third kappa shape index (κ3) is 6.76. The molecule has 52 heavy (non-hydrogen) atoms. The van der Waals surface area contributed by atoms with Crippen LogP contribution in [0.4, 0.5) is 5.69 Å². The maximum Gasteiger partial charge on any atom is 0.307 e. The number of nitrogens with one attached hydrogen (secondary N) is 1. The molecule has 4 unspecified atom stereocenters. The van der Waals surface area contributed by atoms with Crippen molar-refractivity contribution in [2.45, 2.75) is 76.7 Å². The van der Waals surface area contributed by atoms with Gasteiger partial charge in [0.15, 0.2) is 0 Å². The first-order valence-electron chi connectivity index (χ1n) is 19.5. The van der Waals surface area contributed by atoms with Crippen LogP contribution in [0.5, 0.6) is 0 Å². The van der Waals surface area contributed by atoms with E-state index in [0.717, 1.165) is 101 Å². The predicted octanol–water partition coefficient (Wildman–Crippen LogP) is 7.93. The third-order valence-corrected chi connectivity index (χ3v) is 12.6. The summed E-state index contributed by atoms with van der Waals surface area (Å²) in [5.41, 5.74) is 6.58. The van der Waals surface area contributed by atoms with Gasteiger partial charge in [-0.3, -0.25) is 14.4 Å². The maximum absolute atomic E-state index is 14.2. The van der Waals surface area contributed by atoms with E-state index in [1.807, 2.05) is 24.3 Å². The highest BCUT2D eigenvalue weighted by Crippen LogP contribution is 2.47. The van der Waals surface area contributed by atoms with E-state index < -0.39 is 5.54 Å². The molecule has 1 amide bonds. The number of fused-ring (bicyclic) bond motifs is 2. The van der Waals surface area contributed by atoms with Gasteiger partial charge in [0, 0.05) is 50.0 Å². The number of hydrogen-bond donors (Lipinski definition) is 1. The van der Waals surface area contributed by atoms with Gasteiger partial charge < -0.3 is 19.9 Å². The van der Waals surface area contributed by atoms with Crippen molar-refractivity contribution in [3.8, 4) is 0 Å². The van der Waals surface area contributed by atoms with Crippen molar-refractivity contribution in [1.82, 2.24) is 10.2 Å². The second-order valence-corrected chi connectivity index (χ2v) is 15.7. The number of Topliss-reactive ketones (excluding diaryl/α,β-unsaturated/α-hetero) is 1. The number of esters is 1. The first kappa shape index (κ1) is 34.6. The molecule has 3 fully saturated rings. The highest BCUT2D eigenvalue weighted by molar-refractivity contribution is 5.93. The summed E-state index contributed by atoms with van der Waals surface area (Å²) < 4.78 is 6.31. The van der Waals surface area contributed by atoms with Crippen LogP contribution in [-0.4, -0.2) is 54.4 Å². The van der Waals surface area contributed by atoms with Crippen LogP contribution in [0.2, 0.25) is 0 Å². The summed E-state index contributed by atoms with van der Waals surface area (Å²) in [6.45, 7) is 4.36. The molecule has 0 aromatic heterocycles. The number of anilines is 1. The molecule has 2 saturated heterocycles. The van der Waals surface area contributed by atoms with Gasteiger partial charge in [0.05, 0.1) is 6.67 Å². The Morgan fingerprint density at radius 1 is 0.962 bits per heavy atom. The molecule has 1 saturated carbocycles. The lowest BCUT2D eigenvalue weighted by atomic mass is 9.77. The van der Waals surface area contributed by atoms with Crippen molar-refractivity contribution in [3.63, 3.8) is 0 Å². The molecule has 6 aliphatic rings. The third-order valence-electron chi connectivity index (χ3n) is 12.6. The number of ketones is 1. The summed E-state index contributed by atoms with van der Waals surface area (Å²) in [5, 5.41) is 3.14. The predicted molar refractivity (Wildman–Crippen MR) is 205 cm³/mol. The first-order chi connectivity index (χ1) is 25.4. The van der Waals surface area contributed by atoms with E-state index in [1.165, 1.54) is 29.2 Å². The number of piperidine rings is 1. The van der Waals surface area contributed by atoms with Crippen molar-refractivity contribution in [1.29, 1.82) is 0 Å². The number of ether oxygens (including phenoxy) is 1. The summed E-state index contributed by atoms with van der Waals surface area (Å²) in [6, 6.07) is 20.8. The zero-order valence-corrected chi connectivity index (χ0v) is 30.4. The fourth-order valence-corrected chi connectivity index (χ4v) is 10.1. The van der Waals surface area contributed by atoms with E-state index in [-0.39, 0.29) is 35.5 Å². The topological polar surface area (TPSA) is 79.0 Å². The molecule has 4 aliphatic carbocycles. The minimum absolute atomic E-state index is 0.00412. The molecule has 2 heterocycles. The van der Waals surface area contributed by atoms with Gasteiger partial charge in [-0.25, -0.2) is 0 Å². The molecule has 2 aromatic rings. The van der Waals surface area contributed by atoms with E-state index in [4.69, 9.17) is 4.74 Å². The lowest BCUT2D eigenvalue weighted by Crippen LogP contribution is -2.57. The Labute approximate surface area is 308 Å². The smallest absolute Gasteiger partial charge is 0.307 e. The normalized spacial score (nSPS) is 27.5. The van der Waals surface area contributed by atoms with Gasteiger partial charge in [-0.1, -0.05) is 84.5 Å². The van der Waals surface area contributed by atoms with Crippen molar-refractivity contribution >= 4 is 28.9 Å². The first-order valence-corrected chi connectivity index (χ1v) is 19.5. The molecule has 1 N–H and O–H groups in total. The monoisotopic (exact) mass is 697 g/mol. The molecule has 2 aromatic carbocycles. The van der Waals surface area contributed by atoms with Crippen LogP contribution in [-0.2, 0) is 19.1 Å². The van der Waals surface area contributed by atoms with Crippen molar-refractivity contribution < 1.29 is 19.1 Å². The fraction of sp³-hybridized carbons (Fsp3) is 0.444. The van der Waals surface area contributed by atoms with Crippen LogP contribution in [0.1, 0.15) is 76.7 Å². The van der Waals surface area contributed by atoms with Crippen LogP contribution >= 0.6 is 0 Å². The Kier molecular flexibility index (Phi) is 9.89. The molecular weight excluding hydrogens is 647 g/mol. The van der Waals surface area contributed by atoms with E-state index in [0.29, 0.717) is 12.5 Å². The van der Waals surface area contributed by atoms with Gasteiger partial charge in [-0.15, -0.1) is 0 Å². The Hall–Kier alpha value is -4.49. The van der Waals surface area contributed by atoms with Gasteiger partial charge in [0.25, 0.3) is 0 Å². The van der Waals surface area contributed by atoms with Gasteiger partial charge in [-0.05, 0) is 105 Å². The van der Waals surface area contributed by atoms with E-state index in [1.54, 1.807) is 0 Å². The van der Waals surface area contributed by atoms with Crippen molar-refractivity contribution in [2.24, 2.45) is 23.7 Å². The number of para-hydroxylation sites is 1. The molecular formula is C45H51N3O4. The molecule has 7 nitrogen and oxygen atoms in total. The minimum atomic E-state index is -0.558. The van der Waals surface area contributed by atoms with Gasteiger partial charge in [0.1, 0.15) is 17.1 Å². The SMILES string of the molecule is CC(=O)OC1=C2CC=CC(c3ccccc3)=C2CC(CC2CCCC3=CC=CCC3C2=O)CC1CN1CCC2(CC1)C(=O)NCN2c1ccccc1. The zero-order chi connectivity index (χ0) is 35.7. The van der Waals surface area contributed by atoms with Crippen molar-refractivity contribution in [2.75, 3.05) is 31.2 Å². The summed E-state index contributed by atoms with van der Waals surface area (Å²) in [7, 11) is 0. The quantitative estimate of drug-likeness (QED) is 0.296. The van der Waals surface area contributed by atoms with Crippen LogP contribution in [0.3, 0.4) is 0 Å². The zero-order valence-electron chi connectivity index (χ0n) is 30.4. The number of carbonyl (C=O) groups is 3. The van der Waals surface area contributed by atoms with E-state index in [2.05, 4.69) is 81.9 Å². The largest absolute Gasteiger partial charge is 0.431 e. The lowest BCUT2D eigenvalue weighted by Gasteiger charge is -2.44. The van der Waals surface area contributed by atoms with Crippen LogP contribution < -0.4 is 10.2 Å². The van der Waals surface area contributed by atoms with Crippen LogP contribution in [0, 0.1) is 23.7 Å². The number of carbonyl (C=O) groups excluding carboxylic acids is 3. The summed E-state index contributed by atoms with van der Waals surface area (Å²) >= 11 is 0. The number of amides is 1. The summed E-state index contributed by atoms with van der Waals surface area (Å²) in [4.78, 5) is 45.2. The highest BCUT2D eigenvalue weighted by Gasteiger charge is 2.50. The molecule has 0 radical (unpaired) electrons. The van der Waals surface area contributed by atoms with Crippen LogP contribution in [0.25, 0.3) is 5.57 Å². The average molecular weight is 698 g/mol. The Morgan fingerprint density at radius 3 is 2.50 bits per heavy atom. The Morgan fingerprint density at radius 2 is 1.73 bits per heavy atom. The van der Waals surface area contributed by atoms with Gasteiger partial charge in [0.2, 0.25) is 5.91 Å². The molecule has 0 bridgehead atoms. The molecule has 7 heteroatoms. The Balaban J connectivity index is 1.11. The van der Waals surface area contributed by atoms with Gasteiger partial charge >= 0.3 is 5.97 Å². The second kappa shape index (κ2) is 14.9.